The molecule has 34 heavy (non-hydrogen) atoms. The number of anilines is 1. The van der Waals surface area contributed by atoms with E-state index in [4.69, 9.17) is 4.74 Å². The van der Waals surface area contributed by atoms with Crippen molar-refractivity contribution in [1.82, 2.24) is 30.7 Å². The molecular weight excluding hydrogens is 437 g/mol. The molecule has 10 heteroatoms. The Morgan fingerprint density at radius 2 is 2.00 bits per heavy atom. The van der Waals surface area contributed by atoms with Crippen molar-refractivity contribution in [3.63, 3.8) is 0 Å². The van der Waals surface area contributed by atoms with Crippen molar-refractivity contribution in [3.05, 3.63) is 36.2 Å². The van der Waals surface area contributed by atoms with E-state index in [2.05, 4.69) is 30.7 Å². The lowest BCUT2D eigenvalue weighted by molar-refractivity contribution is 0.107. The molecule has 9 nitrogen and oxygen atoms in total. The molecule has 2 aromatic heterocycles. The van der Waals surface area contributed by atoms with E-state index in [1.54, 1.807) is 37.6 Å². The van der Waals surface area contributed by atoms with Gasteiger partial charge in [-0.3, -0.25) is 0 Å². The molecule has 2 saturated heterocycles. The molecule has 0 aliphatic carbocycles. The number of aromatic hydroxyl groups is 1. The first kappa shape index (κ1) is 22.4. The summed E-state index contributed by atoms with van der Waals surface area (Å²) in [5.74, 6) is 1.41. The Hall–Kier alpha value is -3.40. The Morgan fingerprint density at radius 1 is 1.15 bits per heavy atom. The SMILES string of the molecule is COc1cc(-c2ccc(-c3ncc(N(C)[C@H]4C[C@@H]5CCC[C@@H](N5)[C@H]4F)nn3)c(O)c2)nnc1C. The number of fused-ring (bicyclic) bond motifs is 2. The van der Waals surface area contributed by atoms with Crippen LogP contribution in [0.1, 0.15) is 31.4 Å². The van der Waals surface area contributed by atoms with E-state index in [0.717, 1.165) is 25.7 Å². The van der Waals surface area contributed by atoms with Gasteiger partial charge >= 0.3 is 0 Å². The van der Waals surface area contributed by atoms with Crippen LogP contribution in [0.4, 0.5) is 10.2 Å². The third-order valence-corrected chi connectivity index (χ3v) is 6.89. The minimum Gasteiger partial charge on any atom is -0.507 e. The average Bonchev–Trinajstić information content (AvgIpc) is 2.86. The number of benzene rings is 1. The van der Waals surface area contributed by atoms with E-state index in [0.29, 0.717) is 40.1 Å². The number of nitrogens with one attached hydrogen (secondary N) is 1. The summed E-state index contributed by atoms with van der Waals surface area (Å²) in [6.45, 7) is 1.81. The number of nitrogens with zero attached hydrogens (tertiary/aromatic N) is 6. The number of ether oxygens (including phenoxy) is 1. The van der Waals surface area contributed by atoms with Crippen molar-refractivity contribution in [1.29, 1.82) is 0 Å². The van der Waals surface area contributed by atoms with Gasteiger partial charge in [0, 0.05) is 30.8 Å². The monoisotopic (exact) mass is 465 g/mol. The smallest absolute Gasteiger partial charge is 0.185 e. The number of aromatic nitrogens is 5. The highest BCUT2D eigenvalue weighted by Crippen LogP contribution is 2.34. The van der Waals surface area contributed by atoms with Gasteiger partial charge in [-0.15, -0.1) is 15.3 Å². The predicted octanol–water partition coefficient (Wildman–Crippen LogP) is 3.08. The Bertz CT molecular complexity index is 1180. The van der Waals surface area contributed by atoms with E-state index >= 15 is 4.39 Å². The molecule has 2 aliphatic heterocycles. The number of aryl methyl sites for hydroxylation is 1. The van der Waals surface area contributed by atoms with Gasteiger partial charge in [0.05, 0.1) is 30.6 Å². The van der Waals surface area contributed by atoms with Crippen LogP contribution in [0, 0.1) is 6.92 Å². The summed E-state index contributed by atoms with van der Waals surface area (Å²) >= 11 is 0. The van der Waals surface area contributed by atoms with Crippen molar-refractivity contribution in [2.24, 2.45) is 0 Å². The summed E-state index contributed by atoms with van der Waals surface area (Å²) < 4.78 is 20.4. The Balaban J connectivity index is 1.35. The minimum atomic E-state index is -0.969. The number of alkyl halides is 1. The number of methoxy groups -OCH3 is 1. The Kier molecular flexibility index (Phi) is 5.99. The highest BCUT2D eigenvalue weighted by Gasteiger charge is 2.42. The van der Waals surface area contributed by atoms with Crippen LogP contribution < -0.4 is 15.0 Å². The summed E-state index contributed by atoms with van der Waals surface area (Å²) in [5, 5.41) is 30.8. The maximum absolute atomic E-state index is 15.1. The molecule has 1 aromatic carbocycles. The zero-order valence-electron chi connectivity index (χ0n) is 19.4. The van der Waals surface area contributed by atoms with Gasteiger partial charge in [0.1, 0.15) is 23.4 Å². The molecule has 0 saturated carbocycles. The molecule has 0 amide bonds. The fourth-order valence-corrected chi connectivity index (χ4v) is 4.94. The lowest BCUT2D eigenvalue weighted by atomic mass is 9.82. The van der Waals surface area contributed by atoms with Crippen LogP contribution in [0.5, 0.6) is 11.5 Å². The van der Waals surface area contributed by atoms with Gasteiger partial charge in [-0.25, -0.2) is 9.37 Å². The maximum atomic E-state index is 15.1. The first-order chi connectivity index (χ1) is 16.4. The second-order valence-electron chi connectivity index (χ2n) is 9.01. The van der Waals surface area contributed by atoms with Gasteiger partial charge in [-0.2, -0.15) is 5.10 Å². The van der Waals surface area contributed by atoms with Gasteiger partial charge in [-0.05, 0) is 38.3 Å². The van der Waals surface area contributed by atoms with Crippen LogP contribution in [0.25, 0.3) is 22.6 Å². The van der Waals surface area contributed by atoms with Crippen molar-refractivity contribution in [3.8, 4) is 34.1 Å². The number of piperidine rings is 2. The average molecular weight is 466 g/mol. The predicted molar refractivity (Wildman–Crippen MR) is 126 cm³/mol. The number of hydrogen-bond donors (Lipinski definition) is 2. The largest absolute Gasteiger partial charge is 0.507 e. The topological polar surface area (TPSA) is 109 Å². The molecule has 4 atom stereocenters. The maximum Gasteiger partial charge on any atom is 0.185 e. The van der Waals surface area contributed by atoms with Gasteiger partial charge in [0.25, 0.3) is 0 Å². The fraction of sp³-hybridized carbons (Fsp3) is 0.458. The van der Waals surface area contributed by atoms with Crippen LogP contribution in [0.3, 0.4) is 0 Å². The van der Waals surface area contributed by atoms with Crippen LogP contribution >= 0.6 is 0 Å². The van der Waals surface area contributed by atoms with Crippen LogP contribution in [0.2, 0.25) is 0 Å². The third kappa shape index (κ3) is 4.13. The highest BCUT2D eigenvalue weighted by molar-refractivity contribution is 5.71. The minimum absolute atomic E-state index is 0.00301. The number of halogens is 1. The fourth-order valence-electron chi connectivity index (χ4n) is 4.94. The van der Waals surface area contributed by atoms with E-state index in [1.807, 2.05) is 18.9 Å². The summed E-state index contributed by atoms with van der Waals surface area (Å²) in [7, 11) is 3.41. The molecule has 2 bridgehead atoms. The quantitative estimate of drug-likeness (QED) is 0.587. The zero-order valence-corrected chi connectivity index (χ0v) is 19.4. The molecule has 178 valence electrons. The molecule has 2 fully saturated rings. The molecule has 2 N–H and O–H groups in total. The van der Waals surface area contributed by atoms with Crippen molar-refractivity contribution < 1.29 is 14.2 Å². The Labute approximate surface area is 197 Å². The zero-order chi connectivity index (χ0) is 23.8. The first-order valence-electron chi connectivity index (χ1n) is 11.5. The van der Waals surface area contributed by atoms with Gasteiger partial charge in [0.15, 0.2) is 11.6 Å². The lowest BCUT2D eigenvalue weighted by Gasteiger charge is -2.45. The summed E-state index contributed by atoms with van der Waals surface area (Å²) in [4.78, 5) is 6.24. The lowest BCUT2D eigenvalue weighted by Crippen LogP contribution is -2.61. The van der Waals surface area contributed by atoms with Crippen molar-refractivity contribution >= 4 is 5.82 Å². The molecule has 2 aliphatic rings. The molecular formula is C24H28FN7O2. The first-order valence-corrected chi connectivity index (χ1v) is 11.5. The summed E-state index contributed by atoms with van der Waals surface area (Å²) in [6, 6.07) is 6.84. The van der Waals surface area contributed by atoms with E-state index < -0.39 is 6.17 Å². The normalized spacial score (nSPS) is 24.0. The van der Waals surface area contributed by atoms with Crippen LogP contribution in [0.15, 0.2) is 30.5 Å². The summed E-state index contributed by atoms with van der Waals surface area (Å²) in [5.41, 5.74) is 2.38. The van der Waals surface area contributed by atoms with E-state index in [1.165, 1.54) is 0 Å². The van der Waals surface area contributed by atoms with E-state index in [9.17, 15) is 5.11 Å². The standard InChI is InChI=1S/C24H28FN7O2/c1-13-21(34-3)11-18(29-28-13)14-7-8-16(20(33)9-14)24-26-12-22(30-31-24)32(2)19-10-15-5-4-6-17(27-15)23(19)25/h7-9,11-12,15,17,19,23,27,33H,4-6,10H2,1-3H3/t15-,17+,19-,23+/m0/s1. The second kappa shape index (κ2) is 9.09. The van der Waals surface area contributed by atoms with Gasteiger partial charge in [0.2, 0.25) is 0 Å². The molecule has 4 heterocycles. The number of rotatable bonds is 5. The molecule has 0 unspecified atom stereocenters. The number of phenols is 1. The number of hydrogen-bond acceptors (Lipinski definition) is 9. The van der Waals surface area contributed by atoms with E-state index in [-0.39, 0.29) is 23.7 Å². The molecule has 3 aromatic rings. The molecule has 0 spiro atoms. The van der Waals surface area contributed by atoms with Crippen LogP contribution in [-0.2, 0) is 0 Å². The molecule has 0 radical (unpaired) electrons. The second-order valence-corrected chi connectivity index (χ2v) is 9.01. The van der Waals surface area contributed by atoms with Crippen molar-refractivity contribution in [2.45, 2.75) is 56.9 Å². The van der Waals surface area contributed by atoms with Crippen LogP contribution in [-0.4, -0.2) is 68.9 Å². The highest BCUT2D eigenvalue weighted by atomic mass is 19.1. The number of phenolic OH excluding ortho intramolecular Hbond substituents is 1. The van der Waals surface area contributed by atoms with Gasteiger partial charge < -0.3 is 20.1 Å². The Morgan fingerprint density at radius 3 is 2.74 bits per heavy atom. The third-order valence-electron chi connectivity index (χ3n) is 6.89. The summed E-state index contributed by atoms with van der Waals surface area (Å²) in [6.07, 6.45) is 4.35. The van der Waals surface area contributed by atoms with Crippen molar-refractivity contribution in [2.75, 3.05) is 19.1 Å². The molecule has 5 rings (SSSR count). The van der Waals surface area contributed by atoms with Gasteiger partial charge in [-0.1, -0.05) is 12.5 Å².